The molecule has 1 saturated heterocycles. The first-order chi connectivity index (χ1) is 12.3. The normalized spacial score (nSPS) is 18.4. The van der Waals surface area contributed by atoms with Crippen LogP contribution in [0, 0.1) is 11.8 Å². The molecular formula is C19H34IN3O2S. The Bertz CT molecular complexity index is 479. The van der Waals surface area contributed by atoms with Crippen molar-refractivity contribution in [2.45, 2.75) is 33.1 Å². The monoisotopic (exact) mass is 495 g/mol. The van der Waals surface area contributed by atoms with Gasteiger partial charge in [-0.3, -0.25) is 4.99 Å². The summed E-state index contributed by atoms with van der Waals surface area (Å²) in [5.41, 5.74) is 0. The first-order valence-corrected chi connectivity index (χ1v) is 10.4. The molecule has 2 heterocycles. The number of rotatable bonds is 11. The third kappa shape index (κ3) is 10.1. The summed E-state index contributed by atoms with van der Waals surface area (Å²) in [5.74, 6) is 2.05. The molecule has 1 aliphatic heterocycles. The number of ether oxygens (including phenoxy) is 2. The second-order valence-electron chi connectivity index (χ2n) is 6.69. The molecule has 1 aromatic heterocycles. The van der Waals surface area contributed by atoms with Crippen LogP contribution in [0.15, 0.2) is 22.5 Å². The first kappa shape index (κ1) is 23.7. The van der Waals surface area contributed by atoms with Crippen LogP contribution < -0.4 is 10.6 Å². The summed E-state index contributed by atoms with van der Waals surface area (Å²) in [6.07, 6.45) is 3.22. The molecule has 2 rings (SSSR count). The minimum absolute atomic E-state index is 0. The molecule has 0 aliphatic carbocycles. The molecule has 0 radical (unpaired) electrons. The van der Waals surface area contributed by atoms with Crippen molar-refractivity contribution in [3.05, 3.63) is 22.4 Å². The second-order valence-corrected chi connectivity index (χ2v) is 7.73. The van der Waals surface area contributed by atoms with Crippen molar-refractivity contribution in [1.29, 1.82) is 0 Å². The molecule has 26 heavy (non-hydrogen) atoms. The van der Waals surface area contributed by atoms with Crippen molar-refractivity contribution in [2.24, 2.45) is 16.8 Å². The molecule has 0 aromatic carbocycles. The van der Waals surface area contributed by atoms with Gasteiger partial charge in [0.2, 0.25) is 0 Å². The van der Waals surface area contributed by atoms with Gasteiger partial charge in [0.1, 0.15) is 0 Å². The third-order valence-corrected chi connectivity index (χ3v) is 5.07. The molecule has 7 heteroatoms. The van der Waals surface area contributed by atoms with Gasteiger partial charge < -0.3 is 20.1 Å². The van der Waals surface area contributed by atoms with E-state index in [1.165, 1.54) is 4.88 Å². The van der Waals surface area contributed by atoms with E-state index >= 15 is 0 Å². The van der Waals surface area contributed by atoms with Crippen molar-refractivity contribution in [3.63, 3.8) is 0 Å². The van der Waals surface area contributed by atoms with Crippen LogP contribution in [-0.4, -0.2) is 52.0 Å². The van der Waals surface area contributed by atoms with Crippen LogP contribution in [-0.2, 0) is 15.9 Å². The topological polar surface area (TPSA) is 54.9 Å². The van der Waals surface area contributed by atoms with Crippen LogP contribution in [0.25, 0.3) is 0 Å². The molecule has 0 spiro atoms. The largest absolute Gasteiger partial charge is 0.381 e. The fourth-order valence-electron chi connectivity index (χ4n) is 2.77. The van der Waals surface area contributed by atoms with Crippen molar-refractivity contribution >= 4 is 41.3 Å². The lowest BCUT2D eigenvalue weighted by Gasteiger charge is -2.13. The molecule has 5 nitrogen and oxygen atoms in total. The minimum Gasteiger partial charge on any atom is -0.381 e. The number of hydrogen-bond acceptors (Lipinski definition) is 4. The highest BCUT2D eigenvalue weighted by atomic mass is 127. The molecule has 150 valence electrons. The lowest BCUT2D eigenvalue weighted by atomic mass is 10.1. The summed E-state index contributed by atoms with van der Waals surface area (Å²) in [5, 5.41) is 8.85. The highest BCUT2D eigenvalue weighted by Gasteiger charge is 2.15. The molecule has 0 bridgehead atoms. The molecule has 1 aromatic rings. The predicted molar refractivity (Wildman–Crippen MR) is 121 cm³/mol. The van der Waals surface area contributed by atoms with E-state index in [4.69, 9.17) is 14.5 Å². The van der Waals surface area contributed by atoms with Crippen molar-refractivity contribution in [3.8, 4) is 0 Å². The zero-order chi connectivity index (χ0) is 17.7. The highest BCUT2D eigenvalue weighted by molar-refractivity contribution is 14.0. The van der Waals surface area contributed by atoms with Gasteiger partial charge in [0, 0.05) is 43.6 Å². The van der Waals surface area contributed by atoms with Crippen molar-refractivity contribution in [1.82, 2.24) is 10.6 Å². The van der Waals surface area contributed by atoms with E-state index in [1.807, 2.05) is 11.3 Å². The Labute approximate surface area is 179 Å². The van der Waals surface area contributed by atoms with E-state index in [0.29, 0.717) is 11.8 Å². The zero-order valence-corrected chi connectivity index (χ0v) is 19.2. The number of aliphatic imine (C=N–C) groups is 1. The Morgan fingerprint density at radius 1 is 1.46 bits per heavy atom. The number of nitrogens with one attached hydrogen (secondary N) is 2. The van der Waals surface area contributed by atoms with Crippen molar-refractivity contribution in [2.75, 3.05) is 46.1 Å². The average molecular weight is 495 g/mol. The highest BCUT2D eigenvalue weighted by Crippen LogP contribution is 2.14. The van der Waals surface area contributed by atoms with E-state index in [1.54, 1.807) is 0 Å². The van der Waals surface area contributed by atoms with Gasteiger partial charge in [-0.2, -0.15) is 0 Å². The molecule has 0 amide bonds. The van der Waals surface area contributed by atoms with Crippen LogP contribution in [0.2, 0.25) is 0 Å². The number of nitrogens with zero attached hydrogens (tertiary/aromatic N) is 1. The van der Waals surface area contributed by atoms with E-state index in [-0.39, 0.29) is 24.0 Å². The fraction of sp³-hybridized carbons (Fsp3) is 0.737. The summed E-state index contributed by atoms with van der Waals surface area (Å²) in [6, 6.07) is 4.31. The third-order valence-electron chi connectivity index (χ3n) is 4.17. The Morgan fingerprint density at radius 2 is 2.35 bits per heavy atom. The lowest BCUT2D eigenvalue weighted by molar-refractivity contribution is 0.0888. The number of guanidine groups is 1. The molecule has 1 fully saturated rings. The van der Waals surface area contributed by atoms with Gasteiger partial charge in [0.15, 0.2) is 5.96 Å². The van der Waals surface area contributed by atoms with Crippen LogP contribution in [0.1, 0.15) is 31.6 Å². The van der Waals surface area contributed by atoms with E-state index in [0.717, 1.165) is 71.3 Å². The Balaban J connectivity index is 0.00000338. The summed E-state index contributed by atoms with van der Waals surface area (Å²) in [6.45, 7) is 10.3. The Morgan fingerprint density at radius 3 is 3.04 bits per heavy atom. The average Bonchev–Trinajstić information content (AvgIpc) is 3.29. The number of hydrogen-bond donors (Lipinski definition) is 2. The smallest absolute Gasteiger partial charge is 0.191 e. The van der Waals surface area contributed by atoms with Crippen LogP contribution >= 0.6 is 35.3 Å². The number of thiophene rings is 1. The Hall–Kier alpha value is -0.380. The summed E-state index contributed by atoms with van der Waals surface area (Å²) in [4.78, 5) is 6.15. The molecule has 2 atom stereocenters. The van der Waals surface area contributed by atoms with Gasteiger partial charge in [-0.25, -0.2) is 0 Å². The van der Waals surface area contributed by atoms with E-state index in [9.17, 15) is 0 Å². The van der Waals surface area contributed by atoms with Gasteiger partial charge in [-0.15, -0.1) is 35.3 Å². The fourth-order valence-corrected chi connectivity index (χ4v) is 3.64. The standard InChI is InChI=1S/C19H33N3O2S.HI/c1-3-20-19(22-13-16(2)12-18-6-4-11-25-18)21-8-5-9-23-14-17-7-10-24-15-17;/h4,6,11,16-17H,3,5,7-10,12-15H2,1-2H3,(H2,20,21,22);1H. The molecule has 0 saturated carbocycles. The van der Waals surface area contributed by atoms with Crippen LogP contribution in [0.5, 0.6) is 0 Å². The summed E-state index contributed by atoms with van der Waals surface area (Å²) < 4.78 is 11.1. The minimum atomic E-state index is 0. The maximum atomic E-state index is 5.74. The van der Waals surface area contributed by atoms with Gasteiger partial charge in [-0.05, 0) is 43.6 Å². The summed E-state index contributed by atoms with van der Waals surface area (Å²) >= 11 is 1.82. The Kier molecular flexibility index (Phi) is 13.3. The van der Waals surface area contributed by atoms with Gasteiger partial charge in [-0.1, -0.05) is 13.0 Å². The summed E-state index contributed by atoms with van der Waals surface area (Å²) in [7, 11) is 0. The molecule has 2 N–H and O–H groups in total. The zero-order valence-electron chi connectivity index (χ0n) is 16.0. The predicted octanol–water partition coefficient (Wildman–Crippen LogP) is 3.54. The van der Waals surface area contributed by atoms with Gasteiger partial charge in [0.25, 0.3) is 0 Å². The number of halogens is 1. The van der Waals surface area contributed by atoms with Crippen LogP contribution in [0.3, 0.4) is 0 Å². The maximum Gasteiger partial charge on any atom is 0.191 e. The van der Waals surface area contributed by atoms with Crippen LogP contribution in [0.4, 0.5) is 0 Å². The van der Waals surface area contributed by atoms with Crippen molar-refractivity contribution < 1.29 is 9.47 Å². The van der Waals surface area contributed by atoms with E-state index < -0.39 is 0 Å². The molecule has 2 unspecified atom stereocenters. The van der Waals surface area contributed by atoms with Gasteiger partial charge >= 0.3 is 0 Å². The lowest BCUT2D eigenvalue weighted by Crippen LogP contribution is -2.38. The SMILES string of the molecule is CCNC(=NCC(C)Cc1cccs1)NCCCOCC1CCOC1.I. The second kappa shape index (κ2) is 14.6. The maximum absolute atomic E-state index is 5.74. The van der Waals surface area contributed by atoms with E-state index in [2.05, 4.69) is 42.0 Å². The first-order valence-electron chi connectivity index (χ1n) is 9.48. The van der Waals surface area contributed by atoms with Gasteiger partial charge in [0.05, 0.1) is 13.2 Å². The quantitative estimate of drug-likeness (QED) is 0.214. The molecular weight excluding hydrogens is 461 g/mol. The molecule has 1 aliphatic rings.